The number of hydrogen-bond acceptors (Lipinski definition) is 21. The molecule has 4 saturated heterocycles. The molecule has 0 aromatic carbocycles. The van der Waals surface area contributed by atoms with Crippen molar-refractivity contribution in [2.75, 3.05) is 33.0 Å². The molecule has 13 N–H and O–H groups in total. The molecule has 0 spiro atoms. The predicted molar refractivity (Wildman–Crippen MR) is 148 cm³/mol. The number of aliphatic hydroxyl groups is 13. The standard InChI is InChI=1S/C27H48O21/c1-2-3-41-20-13(33)9(5-29)43-25(17(20)37)46-21-14(34)10(6-30)44-26(18(21)38)47-22-15(35)11(7-31)45-27(19(22)39)48-23-16(36)12(32)8(4-28)42-24(23)40/h8-40H,2-7H2,1H3/t8?,9?,10?,11?,12-,13-,14-,15-,16+,17?,18?,19?,20+,21+,22+,23?,24?,25-,26-,27-/m1/s1. The zero-order valence-electron chi connectivity index (χ0n) is 25.9. The zero-order chi connectivity index (χ0) is 35.4. The molecule has 20 atom stereocenters. The Kier molecular flexibility index (Phi) is 14.6. The van der Waals surface area contributed by atoms with Crippen molar-refractivity contribution in [2.24, 2.45) is 0 Å². The lowest BCUT2D eigenvalue weighted by atomic mass is 9.95. The molecule has 0 aliphatic carbocycles. The Morgan fingerprint density at radius 3 is 1.17 bits per heavy atom. The van der Waals surface area contributed by atoms with Crippen LogP contribution < -0.4 is 0 Å². The van der Waals surface area contributed by atoms with Gasteiger partial charge in [-0.05, 0) is 6.42 Å². The lowest BCUT2D eigenvalue weighted by Gasteiger charge is -2.49. The van der Waals surface area contributed by atoms with Crippen LogP contribution in [0.4, 0.5) is 0 Å². The molecule has 0 saturated carbocycles. The van der Waals surface area contributed by atoms with E-state index in [2.05, 4.69) is 0 Å². The van der Waals surface area contributed by atoms with Gasteiger partial charge in [-0.25, -0.2) is 0 Å². The molecular formula is C27H48O21. The van der Waals surface area contributed by atoms with Crippen molar-refractivity contribution in [1.82, 2.24) is 0 Å². The van der Waals surface area contributed by atoms with Crippen molar-refractivity contribution >= 4 is 0 Å². The van der Waals surface area contributed by atoms with E-state index in [9.17, 15) is 66.4 Å². The first kappa shape index (κ1) is 39.9. The molecule has 4 aliphatic heterocycles. The maximum atomic E-state index is 11.2. The van der Waals surface area contributed by atoms with E-state index in [0.717, 1.165) is 0 Å². The van der Waals surface area contributed by atoms with Gasteiger partial charge in [0.15, 0.2) is 25.2 Å². The van der Waals surface area contributed by atoms with Crippen molar-refractivity contribution in [3.05, 3.63) is 0 Å². The fourth-order valence-corrected chi connectivity index (χ4v) is 5.95. The van der Waals surface area contributed by atoms with Gasteiger partial charge in [0.2, 0.25) is 0 Å². The lowest BCUT2D eigenvalue weighted by molar-refractivity contribution is -0.392. The van der Waals surface area contributed by atoms with Crippen LogP contribution in [0.2, 0.25) is 0 Å². The van der Waals surface area contributed by atoms with Gasteiger partial charge < -0.3 is 104 Å². The Hall–Kier alpha value is -0.840. The fraction of sp³-hybridized carbons (Fsp3) is 1.00. The molecule has 48 heavy (non-hydrogen) atoms. The highest BCUT2D eigenvalue weighted by Crippen LogP contribution is 2.34. The molecule has 0 amide bonds. The molecular weight excluding hydrogens is 660 g/mol. The van der Waals surface area contributed by atoms with E-state index in [1.165, 1.54) is 0 Å². The largest absolute Gasteiger partial charge is 0.394 e. The van der Waals surface area contributed by atoms with Crippen LogP contribution in [0.25, 0.3) is 0 Å². The van der Waals surface area contributed by atoms with Gasteiger partial charge in [-0.15, -0.1) is 0 Å². The van der Waals surface area contributed by atoms with Gasteiger partial charge in [-0.3, -0.25) is 0 Å². The van der Waals surface area contributed by atoms with Gasteiger partial charge in [0.1, 0.15) is 97.7 Å². The average Bonchev–Trinajstić information content (AvgIpc) is 3.07. The quantitative estimate of drug-likeness (QED) is 0.0844. The van der Waals surface area contributed by atoms with Crippen LogP contribution in [-0.4, -0.2) is 222 Å². The van der Waals surface area contributed by atoms with Gasteiger partial charge in [-0.2, -0.15) is 0 Å². The number of rotatable bonds is 13. The SMILES string of the molecule is CCCO[C@@H]1C(O)[C@@H](O[C@@H]2C(O)[C@@H](O[C@@H]3C(O)[C@@H](OC4C(O)OC(CO)[C@@H](O)[C@@H]4O)OC(CO)[C@H]3O)OC(CO)[C@H]2O)OC(CO)[C@H]1O. The summed E-state index contributed by atoms with van der Waals surface area (Å²) in [5, 5.41) is 135. The maximum Gasteiger partial charge on any atom is 0.187 e. The minimum Gasteiger partial charge on any atom is -0.394 e. The summed E-state index contributed by atoms with van der Waals surface area (Å²) in [6, 6.07) is 0. The van der Waals surface area contributed by atoms with Crippen LogP contribution in [0.1, 0.15) is 13.3 Å². The third-order valence-electron chi connectivity index (χ3n) is 8.70. The molecule has 0 aromatic rings. The van der Waals surface area contributed by atoms with Crippen LogP contribution in [0, 0.1) is 0 Å². The Morgan fingerprint density at radius 2 is 0.771 bits per heavy atom. The second-order valence-electron chi connectivity index (χ2n) is 12.0. The summed E-state index contributed by atoms with van der Waals surface area (Å²) in [6.45, 7) is -1.36. The van der Waals surface area contributed by atoms with Crippen LogP contribution >= 0.6 is 0 Å². The Labute approximate surface area is 273 Å². The second kappa shape index (κ2) is 17.6. The third-order valence-corrected chi connectivity index (χ3v) is 8.70. The topological polar surface area (TPSA) is 337 Å². The molecule has 0 bridgehead atoms. The summed E-state index contributed by atoms with van der Waals surface area (Å²) in [4.78, 5) is 0. The first-order valence-electron chi connectivity index (χ1n) is 15.6. The van der Waals surface area contributed by atoms with Crippen LogP contribution in [0.15, 0.2) is 0 Å². The second-order valence-corrected chi connectivity index (χ2v) is 12.0. The lowest BCUT2D eigenvalue weighted by Crippen LogP contribution is -2.67. The van der Waals surface area contributed by atoms with Crippen molar-refractivity contribution in [2.45, 2.75) is 136 Å². The molecule has 0 aromatic heterocycles. The molecule has 0 radical (unpaired) electrons. The van der Waals surface area contributed by atoms with Gasteiger partial charge in [-0.1, -0.05) is 6.92 Å². The van der Waals surface area contributed by atoms with Crippen molar-refractivity contribution in [3.8, 4) is 0 Å². The molecule has 4 rings (SSSR count). The van der Waals surface area contributed by atoms with E-state index in [-0.39, 0.29) is 6.61 Å². The molecule has 4 aliphatic rings. The minimum absolute atomic E-state index is 0.111. The predicted octanol–water partition coefficient (Wildman–Crippen LogP) is -8.31. The first-order valence-corrected chi connectivity index (χ1v) is 15.6. The normalized spacial score (nSPS) is 50.4. The van der Waals surface area contributed by atoms with Gasteiger partial charge in [0.05, 0.1) is 26.4 Å². The van der Waals surface area contributed by atoms with Gasteiger partial charge in [0, 0.05) is 6.61 Å². The molecule has 9 unspecified atom stereocenters. The summed E-state index contributed by atoms with van der Waals surface area (Å²) < 4.78 is 43.8. The molecule has 4 heterocycles. The highest BCUT2D eigenvalue weighted by atomic mass is 16.8. The van der Waals surface area contributed by atoms with Crippen molar-refractivity contribution < 1.29 is 104 Å². The maximum absolute atomic E-state index is 11.2. The number of ether oxygens (including phenoxy) is 8. The fourth-order valence-electron chi connectivity index (χ4n) is 5.95. The van der Waals surface area contributed by atoms with E-state index < -0.39 is 149 Å². The summed E-state index contributed by atoms with van der Waals surface area (Å²) in [5.74, 6) is 0. The van der Waals surface area contributed by atoms with E-state index in [1.807, 2.05) is 0 Å². The monoisotopic (exact) mass is 708 g/mol. The zero-order valence-corrected chi connectivity index (χ0v) is 25.9. The van der Waals surface area contributed by atoms with Crippen LogP contribution in [0.3, 0.4) is 0 Å². The summed E-state index contributed by atoms with van der Waals surface area (Å²) >= 11 is 0. The van der Waals surface area contributed by atoms with E-state index in [1.54, 1.807) is 6.92 Å². The molecule has 21 heteroatoms. The first-order chi connectivity index (χ1) is 22.8. The molecule has 21 nitrogen and oxygen atoms in total. The summed E-state index contributed by atoms with van der Waals surface area (Å²) in [6.07, 6.45) is -33.9. The Balaban J connectivity index is 1.52. The van der Waals surface area contributed by atoms with Gasteiger partial charge in [0.25, 0.3) is 0 Å². The van der Waals surface area contributed by atoms with Crippen molar-refractivity contribution in [1.29, 1.82) is 0 Å². The number of aliphatic hydroxyl groups excluding tert-OH is 13. The number of hydrogen-bond donors (Lipinski definition) is 13. The third kappa shape index (κ3) is 8.28. The molecule has 282 valence electrons. The van der Waals surface area contributed by atoms with Gasteiger partial charge >= 0.3 is 0 Å². The summed E-state index contributed by atoms with van der Waals surface area (Å²) in [5.41, 5.74) is 0. The highest BCUT2D eigenvalue weighted by Gasteiger charge is 2.55. The minimum atomic E-state index is -2.03. The van der Waals surface area contributed by atoms with E-state index in [0.29, 0.717) is 6.42 Å². The molecule has 4 fully saturated rings. The Bertz CT molecular complexity index is 966. The van der Waals surface area contributed by atoms with Crippen molar-refractivity contribution in [3.63, 3.8) is 0 Å². The van der Waals surface area contributed by atoms with E-state index >= 15 is 0 Å². The van der Waals surface area contributed by atoms with Crippen LogP contribution in [0.5, 0.6) is 0 Å². The summed E-state index contributed by atoms with van der Waals surface area (Å²) in [7, 11) is 0. The van der Waals surface area contributed by atoms with Crippen LogP contribution in [-0.2, 0) is 37.9 Å². The smallest absolute Gasteiger partial charge is 0.187 e. The average molecular weight is 709 g/mol. The highest BCUT2D eigenvalue weighted by molar-refractivity contribution is 4.98. The van der Waals surface area contributed by atoms with E-state index in [4.69, 9.17) is 37.9 Å². The Morgan fingerprint density at radius 1 is 0.417 bits per heavy atom.